The third-order valence-corrected chi connectivity index (χ3v) is 6.67. The normalized spacial score (nSPS) is 24.9. The number of anilines is 1. The molecule has 2 aromatic carbocycles. The predicted octanol–water partition coefficient (Wildman–Crippen LogP) is 3.52. The van der Waals surface area contributed by atoms with E-state index in [9.17, 15) is 4.79 Å². The second kappa shape index (κ2) is 7.43. The highest BCUT2D eigenvalue weighted by Gasteiger charge is 2.52. The van der Waals surface area contributed by atoms with Crippen LogP contribution in [0, 0.1) is 0 Å². The minimum Gasteiger partial charge on any atom is -0.493 e. The lowest BCUT2D eigenvalue weighted by molar-refractivity contribution is -0.114. The zero-order valence-corrected chi connectivity index (χ0v) is 18.3. The van der Waals surface area contributed by atoms with Crippen molar-refractivity contribution >= 4 is 17.3 Å². The summed E-state index contributed by atoms with van der Waals surface area (Å²) in [5.41, 5.74) is 4.60. The molecular formula is C24H29N3O3. The molecule has 2 aromatic rings. The molecule has 2 aliphatic heterocycles. The van der Waals surface area contributed by atoms with E-state index < -0.39 is 0 Å². The Bertz CT molecular complexity index is 1020. The number of piperidine rings is 1. The Labute approximate surface area is 177 Å². The fourth-order valence-electron chi connectivity index (χ4n) is 4.67. The first-order valence-electron chi connectivity index (χ1n) is 10.3. The van der Waals surface area contributed by atoms with Crippen molar-refractivity contribution in [1.82, 2.24) is 5.32 Å². The van der Waals surface area contributed by atoms with Crippen LogP contribution in [0.1, 0.15) is 43.9 Å². The number of carbonyl (C=O) groups excluding carboxylic acids is 1. The van der Waals surface area contributed by atoms with Gasteiger partial charge in [0, 0.05) is 35.7 Å². The van der Waals surface area contributed by atoms with Gasteiger partial charge in [-0.15, -0.1) is 0 Å². The molecule has 30 heavy (non-hydrogen) atoms. The molecule has 0 aromatic heterocycles. The van der Waals surface area contributed by atoms with E-state index in [0.717, 1.165) is 47.8 Å². The molecule has 0 spiro atoms. The van der Waals surface area contributed by atoms with Gasteiger partial charge in [-0.2, -0.15) is 0 Å². The van der Waals surface area contributed by atoms with Gasteiger partial charge in [-0.05, 0) is 49.7 Å². The maximum absolute atomic E-state index is 11.4. The zero-order chi connectivity index (χ0) is 21.5. The Morgan fingerprint density at radius 2 is 1.77 bits per heavy atom. The summed E-state index contributed by atoms with van der Waals surface area (Å²) in [7, 11) is 3.32. The largest absolute Gasteiger partial charge is 0.493 e. The van der Waals surface area contributed by atoms with Gasteiger partial charge in [-0.3, -0.25) is 9.79 Å². The van der Waals surface area contributed by atoms with Crippen LogP contribution in [0.5, 0.6) is 11.5 Å². The second-order valence-electron chi connectivity index (χ2n) is 8.50. The van der Waals surface area contributed by atoms with E-state index >= 15 is 0 Å². The minimum absolute atomic E-state index is 0.0853. The van der Waals surface area contributed by atoms with E-state index in [1.54, 1.807) is 14.2 Å². The highest BCUT2D eigenvalue weighted by Crippen LogP contribution is 2.49. The fraction of sp³-hybridized carbons (Fsp3) is 0.417. The quantitative estimate of drug-likeness (QED) is 0.813. The number of fused-ring (bicyclic) bond motifs is 3. The van der Waals surface area contributed by atoms with Gasteiger partial charge in [0.2, 0.25) is 5.91 Å². The van der Waals surface area contributed by atoms with Gasteiger partial charge >= 0.3 is 0 Å². The summed E-state index contributed by atoms with van der Waals surface area (Å²) in [6.07, 6.45) is 0.949. The first-order chi connectivity index (χ1) is 14.3. The van der Waals surface area contributed by atoms with Gasteiger partial charge in [-0.25, -0.2) is 0 Å². The molecule has 158 valence electrons. The molecule has 2 N–H and O–H groups in total. The molecule has 2 heterocycles. The molecule has 6 nitrogen and oxygen atoms in total. The Kier molecular flexibility index (Phi) is 5.06. The van der Waals surface area contributed by atoms with Gasteiger partial charge in [0.15, 0.2) is 11.5 Å². The number of amides is 1. The third-order valence-electron chi connectivity index (χ3n) is 6.67. The Hall–Kier alpha value is -2.86. The number of ether oxygens (including phenoxy) is 2. The average Bonchev–Trinajstić information content (AvgIpc) is 2.73. The predicted molar refractivity (Wildman–Crippen MR) is 119 cm³/mol. The van der Waals surface area contributed by atoms with Crippen LogP contribution in [0.25, 0.3) is 0 Å². The van der Waals surface area contributed by atoms with Crippen molar-refractivity contribution in [1.29, 1.82) is 0 Å². The van der Waals surface area contributed by atoms with Crippen molar-refractivity contribution in [2.45, 2.75) is 38.1 Å². The van der Waals surface area contributed by atoms with Crippen LogP contribution in [-0.4, -0.2) is 44.5 Å². The molecule has 0 bridgehead atoms. The number of rotatable bonds is 4. The molecule has 4 rings (SSSR count). The van der Waals surface area contributed by atoms with Gasteiger partial charge in [-0.1, -0.05) is 19.1 Å². The van der Waals surface area contributed by atoms with Crippen molar-refractivity contribution in [2.75, 3.05) is 32.6 Å². The summed E-state index contributed by atoms with van der Waals surface area (Å²) in [6, 6.07) is 12.0. The molecule has 1 saturated heterocycles. The first-order valence-corrected chi connectivity index (χ1v) is 10.3. The number of nitrogens with zero attached hydrogens (tertiary/aromatic N) is 1. The van der Waals surface area contributed by atoms with Crippen LogP contribution in [-0.2, 0) is 10.2 Å². The van der Waals surface area contributed by atoms with Crippen LogP contribution in [0.3, 0.4) is 0 Å². The minimum atomic E-state index is -0.240. The summed E-state index contributed by atoms with van der Waals surface area (Å²) in [6.45, 7) is 7.83. The van der Waals surface area contributed by atoms with E-state index in [2.05, 4.69) is 30.5 Å². The fourth-order valence-corrected chi connectivity index (χ4v) is 4.67. The van der Waals surface area contributed by atoms with Crippen LogP contribution in [0.4, 0.5) is 5.69 Å². The van der Waals surface area contributed by atoms with Crippen molar-refractivity contribution < 1.29 is 14.3 Å². The number of methoxy groups -OCH3 is 2. The summed E-state index contributed by atoms with van der Waals surface area (Å²) in [4.78, 5) is 16.7. The van der Waals surface area contributed by atoms with Crippen molar-refractivity contribution in [3.63, 3.8) is 0 Å². The molecule has 0 aliphatic carbocycles. The standard InChI is InChI=1S/C24H29N3O3/c1-15(28)26-17-8-6-16(7-9-17)22-18-12-20(29-4)21(30-5)13-19(18)23(2)14-25-11-10-24(23,3)27-22/h6-9,12-13,25H,10-11,14H2,1-5H3,(H,26,28). The Morgan fingerprint density at radius 3 is 2.40 bits per heavy atom. The van der Waals surface area contributed by atoms with E-state index in [4.69, 9.17) is 14.5 Å². The van der Waals surface area contributed by atoms with Crippen molar-refractivity contribution in [3.05, 3.63) is 53.1 Å². The van der Waals surface area contributed by atoms with Crippen LogP contribution in [0.2, 0.25) is 0 Å². The SMILES string of the molecule is COc1cc2c(cc1OC)C1(C)CNCCC1(C)N=C2c1ccc(NC(C)=O)cc1. The van der Waals surface area contributed by atoms with Crippen LogP contribution < -0.4 is 20.1 Å². The summed E-state index contributed by atoms with van der Waals surface area (Å²) < 4.78 is 11.2. The molecule has 0 saturated carbocycles. The summed E-state index contributed by atoms with van der Waals surface area (Å²) in [5.74, 6) is 1.33. The topological polar surface area (TPSA) is 72.0 Å². The molecule has 0 radical (unpaired) electrons. The number of aliphatic imine (C=N–C) groups is 1. The van der Waals surface area contributed by atoms with E-state index in [0.29, 0.717) is 5.75 Å². The van der Waals surface area contributed by atoms with Gasteiger partial charge in [0.05, 0.1) is 25.5 Å². The Balaban J connectivity index is 1.91. The molecule has 2 aliphatic rings. The smallest absolute Gasteiger partial charge is 0.221 e. The Morgan fingerprint density at radius 1 is 1.10 bits per heavy atom. The second-order valence-corrected chi connectivity index (χ2v) is 8.50. The summed E-state index contributed by atoms with van der Waals surface area (Å²) in [5, 5.41) is 6.38. The lowest BCUT2D eigenvalue weighted by atomic mass is 9.61. The number of nitrogens with one attached hydrogen (secondary N) is 2. The van der Waals surface area contributed by atoms with Crippen LogP contribution in [0.15, 0.2) is 41.4 Å². The highest BCUT2D eigenvalue weighted by atomic mass is 16.5. The molecular weight excluding hydrogens is 378 g/mol. The zero-order valence-electron chi connectivity index (χ0n) is 18.3. The van der Waals surface area contributed by atoms with Crippen molar-refractivity contribution in [3.8, 4) is 11.5 Å². The number of carbonyl (C=O) groups is 1. The molecule has 1 fully saturated rings. The van der Waals surface area contributed by atoms with Gasteiger partial charge in [0.1, 0.15) is 0 Å². The lowest BCUT2D eigenvalue weighted by Gasteiger charge is -2.51. The summed E-state index contributed by atoms with van der Waals surface area (Å²) >= 11 is 0. The van der Waals surface area contributed by atoms with Crippen LogP contribution >= 0.6 is 0 Å². The highest BCUT2D eigenvalue weighted by molar-refractivity contribution is 6.15. The number of hydrogen-bond acceptors (Lipinski definition) is 5. The molecule has 2 atom stereocenters. The maximum Gasteiger partial charge on any atom is 0.221 e. The lowest BCUT2D eigenvalue weighted by Crippen LogP contribution is -2.60. The van der Waals surface area contributed by atoms with Crippen molar-refractivity contribution in [2.24, 2.45) is 4.99 Å². The maximum atomic E-state index is 11.4. The monoisotopic (exact) mass is 407 g/mol. The van der Waals surface area contributed by atoms with Gasteiger partial charge in [0.25, 0.3) is 0 Å². The third kappa shape index (κ3) is 3.16. The molecule has 6 heteroatoms. The number of benzene rings is 2. The van der Waals surface area contributed by atoms with E-state index in [1.807, 2.05) is 30.3 Å². The first kappa shape index (κ1) is 20.4. The average molecular weight is 408 g/mol. The molecule has 1 amide bonds. The van der Waals surface area contributed by atoms with E-state index in [-0.39, 0.29) is 16.9 Å². The van der Waals surface area contributed by atoms with E-state index in [1.165, 1.54) is 12.5 Å². The molecule has 2 unspecified atom stereocenters. The number of hydrogen-bond donors (Lipinski definition) is 2. The van der Waals surface area contributed by atoms with Gasteiger partial charge < -0.3 is 20.1 Å².